The summed E-state index contributed by atoms with van der Waals surface area (Å²) in [5, 5.41) is 4.19. The maximum Gasteiger partial charge on any atom is 0.147 e. The Balaban J connectivity index is 2.74. The molecule has 0 spiro atoms. The van der Waals surface area contributed by atoms with Crippen molar-refractivity contribution in [3.05, 3.63) is 12.2 Å². The molecular formula is C7H13N3. The zero-order valence-electron chi connectivity index (χ0n) is 6.70. The van der Waals surface area contributed by atoms with Crippen molar-refractivity contribution in [2.24, 2.45) is 0 Å². The van der Waals surface area contributed by atoms with Gasteiger partial charge in [0.15, 0.2) is 0 Å². The minimum atomic E-state index is 0.473. The van der Waals surface area contributed by atoms with Gasteiger partial charge in [-0.3, -0.25) is 0 Å². The highest BCUT2D eigenvalue weighted by Gasteiger charge is 2.01. The fourth-order valence-electron chi connectivity index (χ4n) is 0.761. The van der Waals surface area contributed by atoms with Crippen molar-refractivity contribution >= 4 is 0 Å². The molecule has 1 atom stereocenters. The van der Waals surface area contributed by atoms with E-state index in [1.54, 1.807) is 6.33 Å². The number of rotatable bonds is 2. The first-order chi connectivity index (χ1) is 4.74. The molecule has 3 nitrogen and oxygen atoms in total. The van der Waals surface area contributed by atoms with Crippen LogP contribution >= 0.6 is 0 Å². The Morgan fingerprint density at radius 3 is 2.80 bits per heavy atom. The van der Waals surface area contributed by atoms with E-state index in [4.69, 9.17) is 0 Å². The van der Waals surface area contributed by atoms with Crippen LogP contribution in [-0.2, 0) is 0 Å². The maximum absolute atomic E-state index is 4.19. The summed E-state index contributed by atoms with van der Waals surface area (Å²) in [6.45, 7) is 6.18. The maximum atomic E-state index is 4.19. The summed E-state index contributed by atoms with van der Waals surface area (Å²) in [5.74, 6) is 0.848. The molecule has 0 aliphatic carbocycles. The minimum absolute atomic E-state index is 0.473. The van der Waals surface area contributed by atoms with Gasteiger partial charge in [0.25, 0.3) is 0 Å². The fraction of sp³-hybridized carbons (Fsp3) is 0.714. The normalized spacial score (nSPS) is 13.5. The molecule has 0 amide bonds. The van der Waals surface area contributed by atoms with E-state index in [9.17, 15) is 0 Å². The van der Waals surface area contributed by atoms with Gasteiger partial charge in [-0.15, -0.1) is 0 Å². The predicted molar refractivity (Wildman–Crippen MR) is 39.8 cm³/mol. The van der Waals surface area contributed by atoms with E-state index in [1.165, 1.54) is 0 Å². The van der Waals surface area contributed by atoms with Gasteiger partial charge in [0.05, 0.1) is 6.04 Å². The highest BCUT2D eigenvalue weighted by Crippen LogP contribution is 2.06. The lowest BCUT2D eigenvalue weighted by molar-refractivity contribution is 0.474. The SMILES string of the molecule is CCC(C)n1cnc(C)n1. The smallest absolute Gasteiger partial charge is 0.147 e. The monoisotopic (exact) mass is 139 g/mol. The minimum Gasteiger partial charge on any atom is -0.250 e. The van der Waals surface area contributed by atoms with Crippen LogP contribution in [0, 0.1) is 6.92 Å². The number of aromatic nitrogens is 3. The number of hydrogen-bond acceptors (Lipinski definition) is 2. The van der Waals surface area contributed by atoms with Gasteiger partial charge in [0.1, 0.15) is 12.2 Å². The molecule has 3 heteroatoms. The summed E-state index contributed by atoms with van der Waals surface area (Å²) in [6.07, 6.45) is 2.88. The van der Waals surface area contributed by atoms with Gasteiger partial charge in [-0.2, -0.15) is 5.10 Å². The zero-order chi connectivity index (χ0) is 7.56. The average Bonchev–Trinajstić information content (AvgIpc) is 2.34. The highest BCUT2D eigenvalue weighted by molar-refractivity contribution is 4.76. The van der Waals surface area contributed by atoms with Crippen LogP contribution in [0.4, 0.5) is 0 Å². The molecule has 0 N–H and O–H groups in total. The fourth-order valence-corrected chi connectivity index (χ4v) is 0.761. The Hall–Kier alpha value is -0.860. The van der Waals surface area contributed by atoms with E-state index >= 15 is 0 Å². The quantitative estimate of drug-likeness (QED) is 0.622. The largest absolute Gasteiger partial charge is 0.250 e. The Labute approximate surface area is 61.1 Å². The topological polar surface area (TPSA) is 30.7 Å². The van der Waals surface area contributed by atoms with Crippen molar-refractivity contribution in [3.63, 3.8) is 0 Å². The van der Waals surface area contributed by atoms with Gasteiger partial charge < -0.3 is 0 Å². The van der Waals surface area contributed by atoms with Gasteiger partial charge in [-0.05, 0) is 20.3 Å². The van der Waals surface area contributed by atoms with Crippen LogP contribution in [0.1, 0.15) is 32.1 Å². The number of nitrogens with zero attached hydrogens (tertiary/aromatic N) is 3. The van der Waals surface area contributed by atoms with E-state index in [0.717, 1.165) is 12.2 Å². The first-order valence-electron chi connectivity index (χ1n) is 3.61. The lowest BCUT2D eigenvalue weighted by Gasteiger charge is -2.06. The molecule has 0 bridgehead atoms. The molecule has 1 unspecified atom stereocenters. The first-order valence-corrected chi connectivity index (χ1v) is 3.61. The third kappa shape index (κ3) is 1.35. The summed E-state index contributed by atoms with van der Waals surface area (Å²) in [5.41, 5.74) is 0. The van der Waals surface area contributed by atoms with Gasteiger partial charge >= 0.3 is 0 Å². The Morgan fingerprint density at radius 2 is 2.40 bits per heavy atom. The van der Waals surface area contributed by atoms with E-state index < -0.39 is 0 Å². The molecule has 0 radical (unpaired) electrons. The Morgan fingerprint density at radius 1 is 1.70 bits per heavy atom. The molecule has 0 saturated heterocycles. The third-order valence-corrected chi connectivity index (χ3v) is 1.67. The molecular weight excluding hydrogens is 126 g/mol. The molecule has 0 aliphatic heterocycles. The second-order valence-electron chi connectivity index (χ2n) is 2.53. The number of hydrogen-bond donors (Lipinski definition) is 0. The Bertz CT molecular complexity index is 204. The van der Waals surface area contributed by atoms with Crippen molar-refractivity contribution < 1.29 is 0 Å². The molecule has 56 valence electrons. The van der Waals surface area contributed by atoms with Crippen LogP contribution in [0.2, 0.25) is 0 Å². The van der Waals surface area contributed by atoms with Crippen LogP contribution in [0.3, 0.4) is 0 Å². The first kappa shape index (κ1) is 7.25. The predicted octanol–water partition coefficient (Wildman–Crippen LogP) is 1.56. The zero-order valence-corrected chi connectivity index (χ0v) is 6.70. The summed E-state index contributed by atoms with van der Waals surface area (Å²) in [6, 6.07) is 0.473. The lowest BCUT2D eigenvalue weighted by Crippen LogP contribution is -2.03. The van der Waals surface area contributed by atoms with Crippen LogP contribution in [0.15, 0.2) is 6.33 Å². The molecule has 1 rings (SSSR count). The van der Waals surface area contributed by atoms with E-state index in [-0.39, 0.29) is 0 Å². The summed E-state index contributed by atoms with van der Waals surface area (Å²) in [7, 11) is 0. The molecule has 1 heterocycles. The van der Waals surface area contributed by atoms with E-state index in [0.29, 0.717) is 6.04 Å². The van der Waals surface area contributed by atoms with Gasteiger partial charge in [-0.25, -0.2) is 9.67 Å². The lowest BCUT2D eigenvalue weighted by atomic mass is 10.3. The van der Waals surface area contributed by atoms with Crippen molar-refractivity contribution in [3.8, 4) is 0 Å². The molecule has 0 fully saturated rings. The van der Waals surface area contributed by atoms with Crippen LogP contribution < -0.4 is 0 Å². The van der Waals surface area contributed by atoms with Crippen LogP contribution in [-0.4, -0.2) is 14.8 Å². The van der Waals surface area contributed by atoms with E-state index in [1.807, 2.05) is 11.6 Å². The van der Waals surface area contributed by atoms with Crippen molar-refractivity contribution in [2.75, 3.05) is 0 Å². The molecule has 0 saturated carbocycles. The number of aryl methyl sites for hydroxylation is 1. The molecule has 0 aromatic carbocycles. The molecule has 10 heavy (non-hydrogen) atoms. The van der Waals surface area contributed by atoms with Gasteiger partial charge in [-0.1, -0.05) is 6.92 Å². The third-order valence-electron chi connectivity index (χ3n) is 1.67. The second kappa shape index (κ2) is 2.82. The standard InChI is InChI=1S/C7H13N3/c1-4-6(2)10-5-8-7(3)9-10/h5-6H,4H2,1-3H3. The second-order valence-corrected chi connectivity index (χ2v) is 2.53. The van der Waals surface area contributed by atoms with Crippen LogP contribution in [0.25, 0.3) is 0 Å². The van der Waals surface area contributed by atoms with Crippen molar-refractivity contribution in [1.82, 2.24) is 14.8 Å². The van der Waals surface area contributed by atoms with E-state index in [2.05, 4.69) is 23.9 Å². The van der Waals surface area contributed by atoms with Crippen LogP contribution in [0.5, 0.6) is 0 Å². The van der Waals surface area contributed by atoms with Crippen molar-refractivity contribution in [2.45, 2.75) is 33.2 Å². The average molecular weight is 139 g/mol. The molecule has 0 aliphatic rings. The van der Waals surface area contributed by atoms with Crippen molar-refractivity contribution in [1.29, 1.82) is 0 Å². The summed E-state index contributed by atoms with van der Waals surface area (Å²) in [4.78, 5) is 4.04. The summed E-state index contributed by atoms with van der Waals surface area (Å²) >= 11 is 0. The molecule has 1 aromatic heterocycles. The van der Waals surface area contributed by atoms with Gasteiger partial charge in [0.2, 0.25) is 0 Å². The molecule has 1 aromatic rings. The Kier molecular flexibility index (Phi) is 2.04. The summed E-state index contributed by atoms with van der Waals surface area (Å²) < 4.78 is 1.90. The highest BCUT2D eigenvalue weighted by atomic mass is 15.3. The van der Waals surface area contributed by atoms with Gasteiger partial charge in [0, 0.05) is 0 Å².